The second kappa shape index (κ2) is 8.34. The number of hydrogen-bond donors (Lipinski definition) is 1. The SMILES string of the molecule is CC(C)c1cccc(OCC(=O)N/N=C/c2ccccc2Cl)c1. The standard InChI is InChI=1S/C18H19ClN2O2/c1-13(2)14-7-5-8-16(10-14)23-12-18(22)21-20-11-15-6-3-4-9-17(15)19/h3-11,13H,12H2,1-2H3,(H,21,22)/b20-11+. The molecule has 1 amide bonds. The first-order chi connectivity index (χ1) is 11.1. The van der Waals surface area contributed by atoms with Crippen molar-refractivity contribution in [2.45, 2.75) is 19.8 Å². The maximum atomic E-state index is 11.7. The van der Waals surface area contributed by atoms with Gasteiger partial charge in [-0.1, -0.05) is 55.8 Å². The lowest BCUT2D eigenvalue weighted by Gasteiger charge is -2.09. The van der Waals surface area contributed by atoms with Crippen molar-refractivity contribution in [2.24, 2.45) is 5.10 Å². The van der Waals surface area contributed by atoms with Crippen LogP contribution in [0.1, 0.15) is 30.9 Å². The summed E-state index contributed by atoms with van der Waals surface area (Å²) in [7, 11) is 0. The Hall–Kier alpha value is -2.33. The molecule has 5 heteroatoms. The van der Waals surface area contributed by atoms with Crippen molar-refractivity contribution >= 4 is 23.7 Å². The van der Waals surface area contributed by atoms with Gasteiger partial charge < -0.3 is 4.74 Å². The summed E-state index contributed by atoms with van der Waals surface area (Å²) in [5.74, 6) is 0.747. The fraction of sp³-hybridized carbons (Fsp3) is 0.222. The fourth-order valence-corrected chi connectivity index (χ4v) is 2.08. The molecule has 120 valence electrons. The molecular formula is C18H19ClN2O2. The Balaban J connectivity index is 1.84. The van der Waals surface area contributed by atoms with E-state index in [1.165, 1.54) is 11.8 Å². The molecule has 4 nitrogen and oxygen atoms in total. The molecule has 1 N–H and O–H groups in total. The molecule has 0 aliphatic heterocycles. The van der Waals surface area contributed by atoms with Crippen molar-refractivity contribution < 1.29 is 9.53 Å². The first kappa shape index (κ1) is 17.0. The maximum absolute atomic E-state index is 11.7. The van der Waals surface area contributed by atoms with Crippen LogP contribution in [0.4, 0.5) is 0 Å². The Morgan fingerprint density at radius 3 is 2.78 bits per heavy atom. The van der Waals surface area contributed by atoms with Crippen LogP contribution in [0, 0.1) is 0 Å². The lowest BCUT2D eigenvalue weighted by molar-refractivity contribution is -0.123. The van der Waals surface area contributed by atoms with Crippen LogP contribution in [-0.4, -0.2) is 18.7 Å². The highest BCUT2D eigenvalue weighted by atomic mass is 35.5. The first-order valence-corrected chi connectivity index (χ1v) is 7.73. The minimum absolute atomic E-state index is 0.0958. The fourth-order valence-electron chi connectivity index (χ4n) is 1.90. The second-order valence-electron chi connectivity index (χ2n) is 5.33. The maximum Gasteiger partial charge on any atom is 0.277 e. The largest absolute Gasteiger partial charge is 0.484 e. The second-order valence-corrected chi connectivity index (χ2v) is 5.74. The van der Waals surface area contributed by atoms with Gasteiger partial charge in [0.1, 0.15) is 5.75 Å². The van der Waals surface area contributed by atoms with E-state index in [0.29, 0.717) is 16.7 Å². The van der Waals surface area contributed by atoms with Crippen molar-refractivity contribution in [3.8, 4) is 5.75 Å². The van der Waals surface area contributed by atoms with Crippen molar-refractivity contribution in [3.63, 3.8) is 0 Å². The molecule has 2 rings (SSSR count). The number of nitrogens with zero attached hydrogens (tertiary/aromatic N) is 1. The van der Waals surface area contributed by atoms with E-state index in [4.69, 9.17) is 16.3 Å². The van der Waals surface area contributed by atoms with Crippen molar-refractivity contribution in [3.05, 3.63) is 64.7 Å². The van der Waals surface area contributed by atoms with E-state index in [0.717, 1.165) is 5.56 Å². The molecule has 0 unspecified atom stereocenters. The highest BCUT2D eigenvalue weighted by molar-refractivity contribution is 6.33. The van der Waals surface area contributed by atoms with Gasteiger partial charge in [0.15, 0.2) is 6.61 Å². The highest BCUT2D eigenvalue weighted by Gasteiger charge is 2.04. The number of benzene rings is 2. The van der Waals surface area contributed by atoms with Crippen molar-refractivity contribution in [2.75, 3.05) is 6.61 Å². The van der Waals surface area contributed by atoms with E-state index in [1.807, 2.05) is 42.5 Å². The molecule has 0 bridgehead atoms. The van der Waals surface area contributed by atoms with Gasteiger partial charge in [0.05, 0.1) is 6.21 Å². The van der Waals surface area contributed by atoms with Gasteiger partial charge in [-0.2, -0.15) is 5.10 Å². The van der Waals surface area contributed by atoms with E-state index in [9.17, 15) is 4.79 Å². The zero-order valence-electron chi connectivity index (χ0n) is 13.1. The molecule has 0 aliphatic carbocycles. The molecule has 0 spiro atoms. The molecule has 0 saturated heterocycles. The third-order valence-corrected chi connectivity index (χ3v) is 3.54. The number of amides is 1. The number of rotatable bonds is 6. The highest BCUT2D eigenvalue weighted by Crippen LogP contribution is 2.19. The van der Waals surface area contributed by atoms with Gasteiger partial charge in [-0.3, -0.25) is 4.79 Å². The average molecular weight is 331 g/mol. The number of hydrogen-bond acceptors (Lipinski definition) is 3. The van der Waals surface area contributed by atoms with E-state index in [1.54, 1.807) is 6.07 Å². The average Bonchev–Trinajstić information content (AvgIpc) is 2.55. The summed E-state index contributed by atoms with van der Waals surface area (Å²) in [6.07, 6.45) is 1.50. The molecule has 0 fully saturated rings. The number of ether oxygens (including phenoxy) is 1. The van der Waals surface area contributed by atoms with Crippen LogP contribution in [0.15, 0.2) is 53.6 Å². The third-order valence-electron chi connectivity index (χ3n) is 3.19. The Morgan fingerprint density at radius 1 is 1.26 bits per heavy atom. The van der Waals surface area contributed by atoms with Crippen LogP contribution in [0.5, 0.6) is 5.75 Å². The Bertz CT molecular complexity index is 699. The quantitative estimate of drug-likeness (QED) is 0.643. The smallest absolute Gasteiger partial charge is 0.277 e. The predicted molar refractivity (Wildman–Crippen MR) is 93.2 cm³/mol. The van der Waals surface area contributed by atoms with E-state index in [-0.39, 0.29) is 12.5 Å². The van der Waals surface area contributed by atoms with Crippen LogP contribution >= 0.6 is 11.6 Å². The van der Waals surface area contributed by atoms with Crippen LogP contribution < -0.4 is 10.2 Å². The number of hydrazone groups is 1. The predicted octanol–water partition coefficient (Wildman–Crippen LogP) is 3.99. The first-order valence-electron chi connectivity index (χ1n) is 7.35. The summed E-state index contributed by atoms with van der Waals surface area (Å²) in [6, 6.07) is 15.0. The van der Waals surface area contributed by atoms with Gasteiger partial charge >= 0.3 is 0 Å². The monoisotopic (exact) mass is 330 g/mol. The van der Waals surface area contributed by atoms with Gasteiger partial charge in [0.2, 0.25) is 0 Å². The van der Waals surface area contributed by atoms with Gasteiger partial charge in [0, 0.05) is 10.6 Å². The molecule has 0 radical (unpaired) electrons. The van der Waals surface area contributed by atoms with Crippen LogP contribution in [0.25, 0.3) is 0 Å². The minimum Gasteiger partial charge on any atom is -0.484 e. The summed E-state index contributed by atoms with van der Waals surface area (Å²) in [6.45, 7) is 4.12. The van der Waals surface area contributed by atoms with Crippen LogP contribution in [0.2, 0.25) is 5.02 Å². The molecule has 2 aromatic carbocycles. The number of halogens is 1. The van der Waals surface area contributed by atoms with Gasteiger partial charge in [0.25, 0.3) is 5.91 Å². The van der Waals surface area contributed by atoms with Gasteiger partial charge in [-0.15, -0.1) is 0 Å². The molecule has 0 saturated carbocycles. The summed E-state index contributed by atoms with van der Waals surface area (Å²) >= 11 is 5.99. The Morgan fingerprint density at radius 2 is 2.04 bits per heavy atom. The number of carbonyl (C=O) groups excluding carboxylic acids is 1. The summed E-state index contributed by atoms with van der Waals surface area (Å²) in [5.41, 5.74) is 4.32. The van der Waals surface area contributed by atoms with Crippen LogP contribution in [0.3, 0.4) is 0 Å². The number of carbonyl (C=O) groups is 1. The minimum atomic E-state index is -0.330. The molecule has 0 aliphatic rings. The topological polar surface area (TPSA) is 50.7 Å². The lowest BCUT2D eigenvalue weighted by atomic mass is 10.0. The summed E-state index contributed by atoms with van der Waals surface area (Å²) in [5, 5.41) is 4.45. The zero-order chi connectivity index (χ0) is 16.7. The van der Waals surface area contributed by atoms with Crippen molar-refractivity contribution in [1.29, 1.82) is 0 Å². The van der Waals surface area contributed by atoms with Gasteiger partial charge in [-0.05, 0) is 29.7 Å². The molecule has 0 aromatic heterocycles. The third kappa shape index (κ3) is 5.42. The molecular weight excluding hydrogens is 312 g/mol. The number of nitrogens with one attached hydrogen (secondary N) is 1. The molecule has 0 heterocycles. The summed E-state index contributed by atoms with van der Waals surface area (Å²) < 4.78 is 5.47. The van der Waals surface area contributed by atoms with E-state index < -0.39 is 0 Å². The summed E-state index contributed by atoms with van der Waals surface area (Å²) in [4.78, 5) is 11.7. The molecule has 2 aromatic rings. The lowest BCUT2D eigenvalue weighted by Crippen LogP contribution is -2.24. The normalized spacial score (nSPS) is 11.0. The molecule has 0 atom stereocenters. The Labute approximate surface area is 141 Å². The molecule has 23 heavy (non-hydrogen) atoms. The van der Waals surface area contributed by atoms with Gasteiger partial charge in [-0.25, -0.2) is 5.43 Å². The van der Waals surface area contributed by atoms with E-state index in [2.05, 4.69) is 24.4 Å². The zero-order valence-corrected chi connectivity index (χ0v) is 13.9. The van der Waals surface area contributed by atoms with E-state index >= 15 is 0 Å². The van der Waals surface area contributed by atoms with Crippen molar-refractivity contribution in [1.82, 2.24) is 5.43 Å². The Kier molecular flexibility index (Phi) is 6.18. The van der Waals surface area contributed by atoms with Crippen LogP contribution in [-0.2, 0) is 4.79 Å².